The number of hydrogen-bond donors (Lipinski definition) is 2. The molecular formula is C14H24N2O3S. The van der Waals surface area contributed by atoms with E-state index in [9.17, 15) is 8.42 Å². The zero-order valence-corrected chi connectivity index (χ0v) is 13.2. The van der Waals surface area contributed by atoms with Gasteiger partial charge in [-0.05, 0) is 43.5 Å². The number of anilines is 1. The van der Waals surface area contributed by atoms with Crippen molar-refractivity contribution < 1.29 is 13.5 Å². The second kappa shape index (κ2) is 7.06. The Hall–Kier alpha value is -1.11. The minimum Gasteiger partial charge on any atom is -0.398 e. The molecule has 0 amide bonds. The predicted octanol–water partition coefficient (Wildman–Crippen LogP) is 1.67. The molecule has 0 spiro atoms. The fraction of sp³-hybridized carbons (Fsp3) is 0.571. The second-order valence-electron chi connectivity index (χ2n) is 4.96. The van der Waals surface area contributed by atoms with Crippen molar-refractivity contribution in [1.29, 1.82) is 0 Å². The molecular weight excluding hydrogens is 276 g/mol. The normalized spacial score (nSPS) is 12.1. The molecule has 0 radical (unpaired) electrons. The van der Waals surface area contributed by atoms with E-state index in [1.165, 1.54) is 4.31 Å². The summed E-state index contributed by atoms with van der Waals surface area (Å²) in [6, 6.07) is 3.29. The van der Waals surface area contributed by atoms with Gasteiger partial charge in [-0.2, -0.15) is 4.31 Å². The molecule has 0 bridgehead atoms. The third-order valence-corrected chi connectivity index (χ3v) is 5.31. The fourth-order valence-electron chi connectivity index (χ4n) is 1.97. The number of aliphatic hydroxyl groups is 1. The number of nitrogen functional groups attached to an aromatic ring is 1. The van der Waals surface area contributed by atoms with Crippen molar-refractivity contribution in [2.24, 2.45) is 0 Å². The Morgan fingerprint density at radius 2 is 1.80 bits per heavy atom. The molecule has 0 unspecified atom stereocenters. The number of benzene rings is 1. The van der Waals surface area contributed by atoms with Crippen LogP contribution < -0.4 is 5.73 Å². The molecule has 3 N–H and O–H groups in total. The first-order valence-electron chi connectivity index (χ1n) is 6.82. The lowest BCUT2D eigenvalue weighted by atomic mass is 10.1. The van der Waals surface area contributed by atoms with E-state index in [0.717, 1.165) is 24.0 Å². The van der Waals surface area contributed by atoms with Crippen molar-refractivity contribution in [1.82, 2.24) is 4.31 Å². The highest BCUT2D eigenvalue weighted by Gasteiger charge is 2.26. The lowest BCUT2D eigenvalue weighted by molar-refractivity contribution is 0.252. The van der Waals surface area contributed by atoms with Crippen molar-refractivity contribution in [2.45, 2.75) is 38.5 Å². The van der Waals surface area contributed by atoms with Crippen LogP contribution in [-0.4, -0.2) is 37.5 Å². The van der Waals surface area contributed by atoms with Gasteiger partial charge in [0.05, 0.1) is 12.3 Å². The van der Waals surface area contributed by atoms with Gasteiger partial charge in [-0.15, -0.1) is 0 Å². The van der Waals surface area contributed by atoms with E-state index >= 15 is 0 Å². The maximum atomic E-state index is 12.6. The average molecular weight is 300 g/mol. The summed E-state index contributed by atoms with van der Waals surface area (Å²) in [4.78, 5) is 0.130. The molecule has 0 saturated heterocycles. The molecule has 1 aromatic rings. The first-order chi connectivity index (χ1) is 9.34. The molecule has 1 aromatic carbocycles. The van der Waals surface area contributed by atoms with Crippen LogP contribution in [0.3, 0.4) is 0 Å². The smallest absolute Gasteiger partial charge is 0.245 e. The van der Waals surface area contributed by atoms with E-state index in [0.29, 0.717) is 6.54 Å². The number of nitrogens with two attached hydrogens (primary N) is 1. The number of aryl methyl sites for hydroxylation is 2. The first-order valence-corrected chi connectivity index (χ1v) is 8.26. The van der Waals surface area contributed by atoms with Gasteiger partial charge in [-0.25, -0.2) is 8.42 Å². The largest absolute Gasteiger partial charge is 0.398 e. The molecule has 0 atom stereocenters. The lowest BCUT2D eigenvalue weighted by Crippen LogP contribution is -2.35. The minimum atomic E-state index is -3.66. The molecule has 0 heterocycles. The molecule has 0 aromatic heterocycles. The Balaban J connectivity index is 3.22. The van der Waals surface area contributed by atoms with E-state index in [2.05, 4.69) is 0 Å². The third-order valence-electron chi connectivity index (χ3n) is 3.35. The summed E-state index contributed by atoms with van der Waals surface area (Å²) in [6.07, 6.45) is 1.64. The van der Waals surface area contributed by atoms with Crippen molar-refractivity contribution in [3.63, 3.8) is 0 Å². The highest BCUT2D eigenvalue weighted by atomic mass is 32.2. The Labute approximate surface area is 121 Å². The van der Waals surface area contributed by atoms with Gasteiger partial charge in [0.1, 0.15) is 4.90 Å². The predicted molar refractivity (Wildman–Crippen MR) is 81.1 cm³/mol. The SMILES string of the molecule is CCCCN(CCO)S(=O)(=O)c1cc(C)c(C)cc1N. The van der Waals surface area contributed by atoms with Gasteiger partial charge in [0.25, 0.3) is 0 Å². The summed E-state index contributed by atoms with van der Waals surface area (Å²) in [6.45, 7) is 6.03. The van der Waals surface area contributed by atoms with Crippen molar-refractivity contribution >= 4 is 15.7 Å². The molecule has 5 nitrogen and oxygen atoms in total. The summed E-state index contributed by atoms with van der Waals surface area (Å²) >= 11 is 0. The minimum absolute atomic E-state index is 0.0920. The van der Waals surface area contributed by atoms with Gasteiger partial charge >= 0.3 is 0 Å². The quantitative estimate of drug-likeness (QED) is 0.750. The molecule has 0 aliphatic heterocycles. The third kappa shape index (κ3) is 3.71. The molecule has 114 valence electrons. The van der Waals surface area contributed by atoms with Gasteiger partial charge in [0.15, 0.2) is 0 Å². The molecule has 0 aliphatic rings. The number of sulfonamides is 1. The zero-order chi connectivity index (χ0) is 15.3. The van der Waals surface area contributed by atoms with E-state index in [1.54, 1.807) is 12.1 Å². The van der Waals surface area contributed by atoms with Gasteiger partial charge in [-0.3, -0.25) is 0 Å². The molecule has 0 saturated carbocycles. The van der Waals surface area contributed by atoms with Crippen LogP contribution in [0.2, 0.25) is 0 Å². The highest BCUT2D eigenvalue weighted by molar-refractivity contribution is 7.89. The maximum Gasteiger partial charge on any atom is 0.245 e. The first kappa shape index (κ1) is 16.9. The van der Waals surface area contributed by atoms with Gasteiger partial charge in [-0.1, -0.05) is 13.3 Å². The Kier molecular flexibility index (Phi) is 5.98. The maximum absolute atomic E-state index is 12.6. The van der Waals surface area contributed by atoms with Crippen LogP contribution >= 0.6 is 0 Å². The average Bonchev–Trinajstić information content (AvgIpc) is 2.38. The Bertz CT molecular complexity index is 556. The van der Waals surface area contributed by atoms with Crippen LogP contribution in [0.15, 0.2) is 17.0 Å². The van der Waals surface area contributed by atoms with Crippen LogP contribution in [0, 0.1) is 13.8 Å². The van der Waals surface area contributed by atoms with Crippen LogP contribution in [0.5, 0.6) is 0 Å². The van der Waals surface area contributed by atoms with E-state index < -0.39 is 10.0 Å². The van der Waals surface area contributed by atoms with Gasteiger partial charge < -0.3 is 10.8 Å². The topological polar surface area (TPSA) is 83.6 Å². The van der Waals surface area contributed by atoms with Crippen LogP contribution in [0.4, 0.5) is 5.69 Å². The fourth-order valence-corrected chi connectivity index (χ4v) is 3.62. The second-order valence-corrected chi connectivity index (χ2v) is 6.86. The monoisotopic (exact) mass is 300 g/mol. The number of unbranched alkanes of at least 4 members (excludes halogenated alkanes) is 1. The van der Waals surface area contributed by atoms with Crippen molar-refractivity contribution in [2.75, 3.05) is 25.4 Å². The lowest BCUT2D eigenvalue weighted by Gasteiger charge is -2.22. The Morgan fingerprint density at radius 3 is 2.35 bits per heavy atom. The summed E-state index contributed by atoms with van der Waals surface area (Å²) in [5, 5.41) is 9.08. The standard InChI is InChI=1S/C14H24N2O3S/c1-4-5-6-16(7-8-17)20(18,19)14-10-12(3)11(2)9-13(14)15/h9-10,17H,4-8,15H2,1-3H3. The molecule has 6 heteroatoms. The summed E-state index contributed by atoms with van der Waals surface area (Å²) in [7, 11) is -3.66. The molecule has 0 fully saturated rings. The van der Waals surface area contributed by atoms with E-state index in [-0.39, 0.29) is 23.7 Å². The van der Waals surface area contributed by atoms with Gasteiger partial charge in [0.2, 0.25) is 10.0 Å². The van der Waals surface area contributed by atoms with E-state index in [4.69, 9.17) is 10.8 Å². The zero-order valence-electron chi connectivity index (χ0n) is 12.4. The number of rotatable bonds is 7. The van der Waals surface area contributed by atoms with Crippen LogP contribution in [0.25, 0.3) is 0 Å². The Morgan fingerprint density at radius 1 is 1.20 bits per heavy atom. The van der Waals surface area contributed by atoms with Gasteiger partial charge in [0, 0.05) is 13.1 Å². The van der Waals surface area contributed by atoms with Crippen molar-refractivity contribution in [3.8, 4) is 0 Å². The molecule has 1 rings (SSSR count). The van der Waals surface area contributed by atoms with E-state index in [1.807, 2.05) is 20.8 Å². The number of hydrogen-bond acceptors (Lipinski definition) is 4. The molecule has 0 aliphatic carbocycles. The van der Waals surface area contributed by atoms with Crippen molar-refractivity contribution in [3.05, 3.63) is 23.3 Å². The number of nitrogens with zero attached hydrogens (tertiary/aromatic N) is 1. The highest BCUT2D eigenvalue weighted by Crippen LogP contribution is 2.26. The van der Waals surface area contributed by atoms with Crippen LogP contribution in [-0.2, 0) is 10.0 Å². The summed E-state index contributed by atoms with van der Waals surface area (Å²) in [5.41, 5.74) is 7.98. The van der Waals surface area contributed by atoms with Crippen LogP contribution in [0.1, 0.15) is 30.9 Å². The molecule has 20 heavy (non-hydrogen) atoms. The number of aliphatic hydroxyl groups excluding tert-OH is 1. The summed E-state index contributed by atoms with van der Waals surface area (Å²) in [5.74, 6) is 0. The summed E-state index contributed by atoms with van der Waals surface area (Å²) < 4.78 is 26.6.